The molecule has 3 aromatic rings. The number of aryl methyl sites for hydroxylation is 1. The van der Waals surface area contributed by atoms with E-state index in [1.54, 1.807) is 42.5 Å². The molecular formula is C23H24N2O5S. The predicted octanol–water partition coefficient (Wildman–Crippen LogP) is 3.85. The van der Waals surface area contributed by atoms with Crippen LogP contribution in [-0.4, -0.2) is 35.1 Å². The molecular weight excluding hydrogens is 416 g/mol. The molecule has 0 unspecified atom stereocenters. The van der Waals surface area contributed by atoms with Gasteiger partial charge in [0.1, 0.15) is 6.54 Å². The van der Waals surface area contributed by atoms with Crippen molar-refractivity contribution in [3.63, 3.8) is 0 Å². The molecule has 0 heterocycles. The summed E-state index contributed by atoms with van der Waals surface area (Å²) in [5, 5.41) is 2.74. The lowest BCUT2D eigenvalue weighted by molar-refractivity contribution is -0.114. The molecule has 0 atom stereocenters. The lowest BCUT2D eigenvalue weighted by Gasteiger charge is -2.24. The third-order valence-corrected chi connectivity index (χ3v) is 6.38. The van der Waals surface area contributed by atoms with Crippen molar-refractivity contribution in [2.45, 2.75) is 11.8 Å². The van der Waals surface area contributed by atoms with Crippen LogP contribution in [0.3, 0.4) is 0 Å². The largest absolute Gasteiger partial charge is 0.493 e. The van der Waals surface area contributed by atoms with Gasteiger partial charge in [-0.05, 0) is 43.3 Å². The average Bonchev–Trinajstić information content (AvgIpc) is 2.79. The number of rotatable bonds is 8. The van der Waals surface area contributed by atoms with Crippen molar-refractivity contribution in [2.24, 2.45) is 0 Å². The van der Waals surface area contributed by atoms with E-state index in [1.807, 2.05) is 19.1 Å². The Morgan fingerprint density at radius 3 is 2.16 bits per heavy atom. The van der Waals surface area contributed by atoms with E-state index in [-0.39, 0.29) is 10.6 Å². The maximum atomic E-state index is 13.5. The van der Waals surface area contributed by atoms with Gasteiger partial charge in [0.15, 0.2) is 11.5 Å². The number of carbonyl (C=O) groups is 1. The summed E-state index contributed by atoms with van der Waals surface area (Å²) in [7, 11) is -1.17. The number of benzene rings is 3. The number of hydrogen-bond donors (Lipinski definition) is 1. The molecule has 162 valence electrons. The summed E-state index contributed by atoms with van der Waals surface area (Å²) >= 11 is 0. The van der Waals surface area contributed by atoms with Gasteiger partial charge in [-0.25, -0.2) is 8.42 Å². The van der Waals surface area contributed by atoms with E-state index in [9.17, 15) is 13.2 Å². The lowest BCUT2D eigenvalue weighted by atomic mass is 10.2. The highest BCUT2D eigenvalue weighted by Crippen LogP contribution is 2.32. The van der Waals surface area contributed by atoms with E-state index in [1.165, 1.54) is 32.4 Å². The maximum absolute atomic E-state index is 13.5. The van der Waals surface area contributed by atoms with Crippen LogP contribution >= 0.6 is 0 Å². The van der Waals surface area contributed by atoms with Crippen molar-refractivity contribution < 1.29 is 22.7 Å². The number of ether oxygens (including phenoxy) is 2. The van der Waals surface area contributed by atoms with Crippen molar-refractivity contribution in [2.75, 3.05) is 30.4 Å². The van der Waals surface area contributed by atoms with Crippen LogP contribution in [0.5, 0.6) is 11.5 Å². The fraction of sp³-hybridized carbons (Fsp3) is 0.174. The summed E-state index contributed by atoms with van der Waals surface area (Å²) in [4.78, 5) is 12.7. The van der Waals surface area contributed by atoms with E-state index >= 15 is 0 Å². The number of nitrogens with zero attached hydrogens (tertiary/aromatic N) is 1. The third kappa shape index (κ3) is 5.16. The monoisotopic (exact) mass is 440 g/mol. The van der Waals surface area contributed by atoms with Crippen LogP contribution in [0.2, 0.25) is 0 Å². The number of anilines is 2. The minimum atomic E-state index is -4.07. The minimum absolute atomic E-state index is 0.0165. The number of sulfonamides is 1. The summed E-state index contributed by atoms with van der Waals surface area (Å²) in [6, 6.07) is 20.1. The highest BCUT2D eigenvalue weighted by molar-refractivity contribution is 7.92. The van der Waals surface area contributed by atoms with E-state index in [4.69, 9.17) is 9.47 Å². The van der Waals surface area contributed by atoms with Gasteiger partial charge in [-0.1, -0.05) is 35.9 Å². The van der Waals surface area contributed by atoms with E-state index < -0.39 is 22.5 Å². The highest BCUT2D eigenvalue weighted by Gasteiger charge is 2.28. The lowest BCUT2D eigenvalue weighted by Crippen LogP contribution is -2.38. The SMILES string of the molecule is COc1ccc(S(=O)(=O)N(CC(=O)Nc2ccc(C)cc2)c2ccccc2)cc1OC. The molecule has 0 bridgehead atoms. The maximum Gasteiger partial charge on any atom is 0.264 e. The van der Waals surface area contributed by atoms with E-state index in [2.05, 4.69) is 5.32 Å². The zero-order valence-corrected chi connectivity index (χ0v) is 18.3. The van der Waals surface area contributed by atoms with Crippen molar-refractivity contribution >= 4 is 27.3 Å². The standard InChI is InChI=1S/C23H24N2O5S/c1-17-9-11-18(12-10-17)24-23(26)16-25(19-7-5-4-6-8-19)31(27,28)20-13-14-21(29-2)22(15-20)30-3/h4-15H,16H2,1-3H3,(H,24,26). The van der Waals surface area contributed by atoms with Gasteiger partial charge in [0.25, 0.3) is 10.0 Å². The molecule has 0 aliphatic rings. The molecule has 0 aliphatic carbocycles. The number of nitrogens with one attached hydrogen (secondary N) is 1. The van der Waals surface area contributed by atoms with E-state index in [0.717, 1.165) is 9.87 Å². The Labute approximate surface area is 182 Å². The summed E-state index contributed by atoms with van der Waals surface area (Å²) in [5.74, 6) is 0.224. The van der Waals surface area contributed by atoms with Crippen LogP contribution < -0.4 is 19.1 Å². The quantitative estimate of drug-likeness (QED) is 0.575. The predicted molar refractivity (Wildman–Crippen MR) is 120 cm³/mol. The second-order valence-corrected chi connectivity index (χ2v) is 8.64. The highest BCUT2D eigenvalue weighted by atomic mass is 32.2. The molecule has 7 nitrogen and oxygen atoms in total. The van der Waals surface area contributed by atoms with Crippen LogP contribution in [0.4, 0.5) is 11.4 Å². The first-order valence-electron chi connectivity index (χ1n) is 9.51. The first kappa shape index (κ1) is 22.2. The second-order valence-electron chi connectivity index (χ2n) is 6.78. The molecule has 0 saturated heterocycles. The van der Waals surface area contributed by atoms with E-state index in [0.29, 0.717) is 17.1 Å². The molecule has 31 heavy (non-hydrogen) atoms. The van der Waals surface area contributed by atoms with Crippen LogP contribution in [0.15, 0.2) is 77.7 Å². The van der Waals surface area contributed by atoms with Gasteiger partial charge >= 0.3 is 0 Å². The van der Waals surface area contributed by atoms with Crippen LogP contribution in [0.25, 0.3) is 0 Å². The number of amides is 1. The molecule has 3 rings (SSSR count). The molecule has 1 N–H and O–H groups in total. The van der Waals surface area contributed by atoms with Crippen molar-refractivity contribution in [1.29, 1.82) is 0 Å². The van der Waals surface area contributed by atoms with Crippen molar-refractivity contribution in [3.8, 4) is 11.5 Å². The summed E-state index contributed by atoms with van der Waals surface area (Å²) in [6.45, 7) is 1.55. The normalized spacial score (nSPS) is 10.9. The molecule has 0 aromatic heterocycles. The Morgan fingerprint density at radius 2 is 1.55 bits per heavy atom. The molecule has 0 fully saturated rings. The van der Waals surface area contributed by atoms with Gasteiger partial charge in [0.2, 0.25) is 5.91 Å². The molecule has 0 spiro atoms. The number of para-hydroxylation sites is 1. The van der Waals surface area contributed by atoms with Gasteiger partial charge in [-0.2, -0.15) is 0 Å². The third-order valence-electron chi connectivity index (χ3n) is 4.61. The number of methoxy groups -OCH3 is 2. The topological polar surface area (TPSA) is 84.9 Å². The molecule has 1 amide bonds. The summed E-state index contributed by atoms with van der Waals surface area (Å²) in [6.07, 6.45) is 0. The van der Waals surface area contributed by atoms with Gasteiger partial charge in [0, 0.05) is 11.8 Å². The minimum Gasteiger partial charge on any atom is -0.493 e. The molecule has 8 heteroatoms. The van der Waals surface area contributed by atoms with Gasteiger partial charge in [0.05, 0.1) is 24.8 Å². The first-order chi connectivity index (χ1) is 14.8. The summed E-state index contributed by atoms with van der Waals surface area (Å²) in [5.41, 5.74) is 2.02. The first-order valence-corrected chi connectivity index (χ1v) is 11.0. The smallest absolute Gasteiger partial charge is 0.264 e. The Kier molecular flexibility index (Phi) is 6.81. The molecule has 0 saturated carbocycles. The van der Waals surface area contributed by atoms with Gasteiger partial charge in [-0.15, -0.1) is 0 Å². The van der Waals surface area contributed by atoms with Gasteiger partial charge < -0.3 is 14.8 Å². The number of hydrogen-bond acceptors (Lipinski definition) is 5. The average molecular weight is 441 g/mol. The molecule has 0 radical (unpaired) electrons. The second kappa shape index (κ2) is 9.53. The molecule has 0 aliphatic heterocycles. The fourth-order valence-corrected chi connectivity index (χ4v) is 4.42. The van der Waals surface area contributed by atoms with Crippen molar-refractivity contribution in [1.82, 2.24) is 0 Å². The number of carbonyl (C=O) groups excluding carboxylic acids is 1. The zero-order chi connectivity index (χ0) is 22.4. The fourth-order valence-electron chi connectivity index (χ4n) is 2.98. The Balaban J connectivity index is 1.95. The Morgan fingerprint density at radius 1 is 0.903 bits per heavy atom. The van der Waals surface area contributed by atoms with Crippen LogP contribution in [-0.2, 0) is 14.8 Å². The zero-order valence-electron chi connectivity index (χ0n) is 17.5. The molecule has 3 aromatic carbocycles. The van der Waals surface area contributed by atoms with Gasteiger partial charge in [-0.3, -0.25) is 9.10 Å². The van der Waals surface area contributed by atoms with Crippen molar-refractivity contribution in [3.05, 3.63) is 78.4 Å². The Hall–Kier alpha value is -3.52. The van der Waals surface area contributed by atoms with Crippen LogP contribution in [0, 0.1) is 6.92 Å². The summed E-state index contributed by atoms with van der Waals surface area (Å²) < 4.78 is 38.5. The van der Waals surface area contributed by atoms with Crippen LogP contribution in [0.1, 0.15) is 5.56 Å². The Bertz CT molecular complexity index is 1150.